The van der Waals surface area contributed by atoms with Crippen molar-refractivity contribution in [2.75, 3.05) is 33.2 Å². The van der Waals surface area contributed by atoms with Crippen molar-refractivity contribution in [3.8, 4) is 0 Å². The summed E-state index contributed by atoms with van der Waals surface area (Å²) >= 11 is 6.03. The number of likely N-dealkylation sites (N-methyl/N-ethyl adjacent to an activating group) is 1. The number of hydrogen-bond donors (Lipinski definition) is 1. The van der Waals surface area contributed by atoms with E-state index in [2.05, 4.69) is 15.2 Å². The number of fused-ring (bicyclic) bond motifs is 1. The third kappa shape index (κ3) is 8.97. The number of rotatable bonds is 5. The molecule has 1 amide bonds. The molecule has 10 nitrogen and oxygen atoms in total. The fourth-order valence-corrected chi connectivity index (χ4v) is 6.11. The highest BCUT2D eigenvalue weighted by molar-refractivity contribution is 6.30. The van der Waals surface area contributed by atoms with E-state index in [1.165, 1.54) is 6.07 Å². The third-order valence-electron chi connectivity index (χ3n) is 8.94. The number of esters is 1. The molecule has 12 heteroatoms. The average molecular weight is 668 g/mol. The van der Waals surface area contributed by atoms with Crippen molar-refractivity contribution in [1.82, 2.24) is 24.8 Å². The van der Waals surface area contributed by atoms with Gasteiger partial charge in [0.1, 0.15) is 17.7 Å². The molecule has 1 aromatic heterocycles. The highest BCUT2D eigenvalue weighted by Gasteiger charge is 2.29. The largest absolute Gasteiger partial charge is 0.457 e. The monoisotopic (exact) mass is 667 g/mol. The summed E-state index contributed by atoms with van der Waals surface area (Å²) < 4.78 is 28.8. The van der Waals surface area contributed by atoms with Crippen molar-refractivity contribution < 1.29 is 28.6 Å². The van der Waals surface area contributed by atoms with E-state index in [-0.39, 0.29) is 29.9 Å². The first-order valence-corrected chi connectivity index (χ1v) is 16.5. The number of cyclic esters (lactones) is 1. The van der Waals surface area contributed by atoms with Crippen molar-refractivity contribution >= 4 is 40.8 Å². The summed E-state index contributed by atoms with van der Waals surface area (Å²) in [6, 6.07) is 10.5. The summed E-state index contributed by atoms with van der Waals surface area (Å²) in [6.45, 7) is 8.85. The Morgan fingerprint density at radius 1 is 1.13 bits per heavy atom. The second-order valence-electron chi connectivity index (χ2n) is 12.8. The lowest BCUT2D eigenvalue weighted by atomic mass is 9.91. The van der Waals surface area contributed by atoms with E-state index in [4.69, 9.17) is 21.1 Å². The molecule has 2 aromatic carbocycles. The topological polar surface area (TPSA) is 110 Å². The molecule has 0 bridgehead atoms. The number of halogens is 2. The molecule has 47 heavy (non-hydrogen) atoms. The van der Waals surface area contributed by atoms with Gasteiger partial charge in [0, 0.05) is 37.1 Å². The van der Waals surface area contributed by atoms with Gasteiger partial charge >= 0.3 is 12.1 Å². The van der Waals surface area contributed by atoms with Crippen LogP contribution in [0.4, 0.5) is 9.18 Å². The van der Waals surface area contributed by atoms with Gasteiger partial charge in [0.2, 0.25) is 0 Å². The first-order valence-electron chi connectivity index (χ1n) is 16.1. The molecule has 2 aliphatic rings. The number of carbonyl (C=O) groups is 2. The number of ether oxygens (including phenoxy) is 2. The van der Waals surface area contributed by atoms with Crippen molar-refractivity contribution in [1.29, 1.82) is 0 Å². The normalized spacial score (nSPS) is 25.9. The number of aliphatic hydroxyl groups is 1. The van der Waals surface area contributed by atoms with Gasteiger partial charge in [-0.1, -0.05) is 54.9 Å². The molecule has 5 rings (SSSR count). The molecule has 0 saturated carbocycles. The lowest BCUT2D eigenvalue weighted by Crippen LogP contribution is -2.48. The van der Waals surface area contributed by atoms with Crippen molar-refractivity contribution in [3.05, 3.63) is 76.1 Å². The maximum Gasteiger partial charge on any atom is 0.410 e. The standard InChI is InChI=1S/C35H43ClFN5O5/c1-22-5-11-28(43)20-32(44)47-34(23(2)6-12-31(22)46-35(45)41-15-13-40(4)14-16-41)24(3)17-26-18-29(37)33-30(19-26)42(39-38-33)21-25-7-9-27(36)10-8-25/h6-10,12,17-19,22-23,28,31,34,43H,5,11,13-16,20-21H2,1-4H3/b12-6+,24-17+/t22-,23-,28+,31+,34-/m0/s1. The third-order valence-corrected chi connectivity index (χ3v) is 9.19. The Kier molecular flexibility index (Phi) is 11.3. The van der Waals surface area contributed by atoms with Gasteiger partial charge in [-0.15, -0.1) is 5.10 Å². The summed E-state index contributed by atoms with van der Waals surface area (Å²) in [4.78, 5) is 29.9. The summed E-state index contributed by atoms with van der Waals surface area (Å²) in [5.74, 6) is -1.45. The fourth-order valence-electron chi connectivity index (χ4n) is 5.98. The zero-order valence-corrected chi connectivity index (χ0v) is 28.1. The Hall–Kier alpha value is -3.80. The molecule has 1 saturated heterocycles. The Balaban J connectivity index is 1.40. The van der Waals surface area contributed by atoms with Gasteiger partial charge in [0.05, 0.1) is 24.6 Å². The number of nitrogens with zero attached hydrogens (tertiary/aromatic N) is 5. The summed E-state index contributed by atoms with van der Waals surface area (Å²) in [5.41, 5.74) is 2.84. The lowest BCUT2D eigenvalue weighted by Gasteiger charge is -2.33. The zero-order valence-electron chi connectivity index (χ0n) is 27.3. The molecule has 3 heterocycles. The quantitative estimate of drug-likeness (QED) is 0.272. The average Bonchev–Trinajstić information content (AvgIpc) is 3.44. The van der Waals surface area contributed by atoms with Gasteiger partial charge in [-0.25, -0.2) is 13.9 Å². The van der Waals surface area contributed by atoms with E-state index in [0.717, 1.165) is 18.7 Å². The van der Waals surface area contributed by atoms with Crippen molar-refractivity contribution in [2.24, 2.45) is 11.8 Å². The van der Waals surface area contributed by atoms with E-state index in [9.17, 15) is 14.7 Å². The van der Waals surface area contributed by atoms with Crippen LogP contribution in [0.2, 0.25) is 5.02 Å². The van der Waals surface area contributed by atoms with Crippen LogP contribution in [0, 0.1) is 17.7 Å². The zero-order chi connectivity index (χ0) is 33.7. The smallest absolute Gasteiger partial charge is 0.410 e. The highest BCUT2D eigenvalue weighted by atomic mass is 35.5. The predicted molar refractivity (Wildman–Crippen MR) is 178 cm³/mol. The molecular weight excluding hydrogens is 625 g/mol. The van der Waals surface area contributed by atoms with Crippen LogP contribution in [-0.2, 0) is 20.8 Å². The number of piperazine rings is 1. The van der Waals surface area contributed by atoms with Gasteiger partial charge in [-0.05, 0) is 79.8 Å². The second-order valence-corrected chi connectivity index (χ2v) is 13.3. The molecule has 252 valence electrons. The van der Waals surface area contributed by atoms with E-state index < -0.39 is 30.1 Å². The second kappa shape index (κ2) is 15.4. The van der Waals surface area contributed by atoms with Gasteiger partial charge in [0.25, 0.3) is 0 Å². The number of hydrogen-bond acceptors (Lipinski definition) is 8. The van der Waals surface area contributed by atoms with Crippen LogP contribution < -0.4 is 0 Å². The molecule has 1 N–H and O–H groups in total. The molecule has 0 spiro atoms. The SMILES string of the molecule is C/C(=C\c1cc(F)c2nnn(Cc3ccc(Cl)cc3)c2c1)[C@H]1OC(=O)C[C@H](O)CC[C@H](C)[C@H](OC(=O)N2CCN(C)CC2)/C=C/[C@@H]1C. The van der Waals surface area contributed by atoms with Gasteiger partial charge < -0.3 is 24.4 Å². The molecule has 0 aliphatic carbocycles. The van der Waals surface area contributed by atoms with Crippen molar-refractivity contribution in [2.45, 2.75) is 64.9 Å². The number of carbonyl (C=O) groups excluding carboxylic acids is 2. The molecule has 5 atom stereocenters. The van der Waals surface area contributed by atoms with Crippen LogP contribution in [-0.4, -0.2) is 93.5 Å². The van der Waals surface area contributed by atoms with Gasteiger partial charge in [0.15, 0.2) is 5.82 Å². The van der Waals surface area contributed by atoms with Gasteiger partial charge in [-0.3, -0.25) is 4.79 Å². The maximum atomic E-state index is 15.2. The van der Waals surface area contributed by atoms with Crippen LogP contribution in [0.3, 0.4) is 0 Å². The Bertz CT molecular complexity index is 1620. The first kappa shape index (κ1) is 34.5. The molecule has 3 aromatic rings. The van der Waals surface area contributed by atoms with E-state index in [1.807, 2.05) is 52.1 Å². The molecular formula is C35H43ClFN5O5. The highest BCUT2D eigenvalue weighted by Crippen LogP contribution is 2.27. The molecule has 2 aliphatic heterocycles. The Labute approximate surface area is 279 Å². The lowest BCUT2D eigenvalue weighted by molar-refractivity contribution is -0.151. The van der Waals surface area contributed by atoms with Crippen LogP contribution in [0.25, 0.3) is 17.1 Å². The number of aliphatic hydroxyl groups excluding tert-OH is 1. The van der Waals surface area contributed by atoms with Crippen LogP contribution in [0.1, 0.15) is 51.2 Å². The molecule has 0 unspecified atom stereocenters. The summed E-state index contributed by atoms with van der Waals surface area (Å²) in [5, 5.41) is 19.5. The Morgan fingerprint density at radius 2 is 1.85 bits per heavy atom. The predicted octanol–water partition coefficient (Wildman–Crippen LogP) is 5.71. The van der Waals surface area contributed by atoms with E-state index >= 15 is 4.39 Å². The minimum absolute atomic E-state index is 0.0870. The minimum atomic E-state index is -0.896. The maximum absolute atomic E-state index is 15.2. The van der Waals surface area contributed by atoms with Crippen LogP contribution >= 0.6 is 11.6 Å². The Morgan fingerprint density at radius 3 is 2.57 bits per heavy atom. The number of benzene rings is 2. The number of amides is 1. The van der Waals surface area contributed by atoms with Crippen LogP contribution in [0.15, 0.2) is 54.1 Å². The van der Waals surface area contributed by atoms with Crippen molar-refractivity contribution in [3.63, 3.8) is 0 Å². The van der Waals surface area contributed by atoms with E-state index in [0.29, 0.717) is 54.2 Å². The van der Waals surface area contributed by atoms with Gasteiger partial charge in [-0.2, -0.15) is 0 Å². The van der Waals surface area contributed by atoms with E-state index in [1.54, 1.807) is 33.9 Å². The summed E-state index contributed by atoms with van der Waals surface area (Å²) in [6.07, 6.45) is 3.81. The molecule has 0 radical (unpaired) electrons. The summed E-state index contributed by atoms with van der Waals surface area (Å²) in [7, 11) is 2.02. The van der Waals surface area contributed by atoms with Crippen LogP contribution in [0.5, 0.6) is 0 Å². The first-order chi connectivity index (χ1) is 22.5. The molecule has 1 fully saturated rings. The number of aromatic nitrogens is 3. The fraction of sp³-hybridized carbons (Fsp3) is 0.486. The minimum Gasteiger partial charge on any atom is -0.457 e.